The van der Waals surface area contributed by atoms with E-state index in [1.54, 1.807) is 0 Å². The smallest absolute Gasteiger partial charge is 0.255 e. The summed E-state index contributed by atoms with van der Waals surface area (Å²) in [4.78, 5) is 34.5. The molecule has 0 unspecified atom stereocenters. The third kappa shape index (κ3) is 4.42. The Kier molecular flexibility index (Phi) is 5.80. The molecule has 8 nitrogen and oxygen atoms in total. The van der Waals surface area contributed by atoms with Gasteiger partial charge in [0.1, 0.15) is 5.75 Å². The maximum Gasteiger partial charge on any atom is 0.255 e. The summed E-state index contributed by atoms with van der Waals surface area (Å²) in [6, 6.07) is 7.69. The summed E-state index contributed by atoms with van der Waals surface area (Å²) in [6.45, 7) is 5.06. The van der Waals surface area contributed by atoms with Gasteiger partial charge in [0.2, 0.25) is 11.9 Å². The number of H-pyrrole nitrogens is 1. The quantitative estimate of drug-likeness (QED) is 0.792. The predicted octanol–water partition coefficient (Wildman–Crippen LogP) is 1.49. The second-order valence-electron chi connectivity index (χ2n) is 7.35. The van der Waals surface area contributed by atoms with Crippen molar-refractivity contribution in [1.29, 1.82) is 0 Å². The van der Waals surface area contributed by atoms with E-state index in [0.29, 0.717) is 56.5 Å². The molecule has 1 fully saturated rings. The summed E-state index contributed by atoms with van der Waals surface area (Å²) in [7, 11) is 0. The van der Waals surface area contributed by atoms with Crippen LogP contribution < -0.4 is 20.5 Å². The molecule has 3 heterocycles. The molecule has 4 rings (SSSR count). The molecule has 1 aromatic heterocycles. The highest BCUT2D eigenvalue weighted by atomic mass is 16.5. The first-order valence-electron chi connectivity index (χ1n) is 10.1. The number of fused-ring (bicyclic) bond motifs is 1. The number of hydrogen-bond acceptors (Lipinski definition) is 6. The van der Waals surface area contributed by atoms with E-state index in [2.05, 4.69) is 15.3 Å². The molecule has 1 amide bonds. The minimum Gasteiger partial charge on any atom is -0.493 e. The maximum atomic E-state index is 12.6. The summed E-state index contributed by atoms with van der Waals surface area (Å²) in [5, 5.41) is 3.07. The van der Waals surface area contributed by atoms with E-state index in [9.17, 15) is 9.59 Å². The Hall–Kier alpha value is -2.87. The fraction of sp³-hybridized carbons (Fsp3) is 0.476. The van der Waals surface area contributed by atoms with E-state index >= 15 is 0 Å². The van der Waals surface area contributed by atoms with Crippen LogP contribution >= 0.6 is 0 Å². The molecule has 1 atom stereocenters. The number of anilines is 1. The highest BCUT2D eigenvalue weighted by molar-refractivity contribution is 5.77. The first-order valence-corrected chi connectivity index (χ1v) is 10.1. The van der Waals surface area contributed by atoms with E-state index < -0.39 is 0 Å². The van der Waals surface area contributed by atoms with Crippen molar-refractivity contribution < 1.29 is 14.3 Å². The van der Waals surface area contributed by atoms with Gasteiger partial charge in [-0.25, -0.2) is 4.98 Å². The second kappa shape index (κ2) is 8.65. The topological polar surface area (TPSA) is 96.6 Å². The summed E-state index contributed by atoms with van der Waals surface area (Å²) in [5.74, 6) is 1.31. The lowest BCUT2D eigenvalue weighted by molar-refractivity contribution is -0.122. The number of para-hydroxylation sites is 1. The van der Waals surface area contributed by atoms with Gasteiger partial charge in [-0.3, -0.25) is 14.6 Å². The van der Waals surface area contributed by atoms with Crippen molar-refractivity contribution in [3.05, 3.63) is 51.4 Å². The molecule has 2 aromatic rings. The zero-order chi connectivity index (χ0) is 20.2. The normalized spacial score (nSPS) is 18.7. The van der Waals surface area contributed by atoms with Crippen LogP contribution in [0.15, 0.2) is 29.1 Å². The highest BCUT2D eigenvalue weighted by Gasteiger charge is 2.23. The van der Waals surface area contributed by atoms with E-state index in [1.807, 2.05) is 36.1 Å². The van der Waals surface area contributed by atoms with Crippen LogP contribution in [0.2, 0.25) is 0 Å². The van der Waals surface area contributed by atoms with Crippen LogP contribution in [0.1, 0.15) is 35.7 Å². The van der Waals surface area contributed by atoms with Gasteiger partial charge in [-0.1, -0.05) is 18.2 Å². The number of carbonyl (C=O) groups is 1. The predicted molar refractivity (Wildman–Crippen MR) is 108 cm³/mol. The van der Waals surface area contributed by atoms with Crippen LogP contribution in [-0.4, -0.2) is 48.8 Å². The molecular formula is C21H26N4O4. The molecule has 154 valence electrons. The van der Waals surface area contributed by atoms with Crippen LogP contribution in [0.25, 0.3) is 0 Å². The van der Waals surface area contributed by atoms with Gasteiger partial charge in [-0.05, 0) is 19.4 Å². The largest absolute Gasteiger partial charge is 0.493 e. The van der Waals surface area contributed by atoms with Crippen molar-refractivity contribution in [2.24, 2.45) is 0 Å². The lowest BCUT2D eigenvalue weighted by Crippen LogP contribution is -2.38. The summed E-state index contributed by atoms with van der Waals surface area (Å²) >= 11 is 0. The van der Waals surface area contributed by atoms with Gasteiger partial charge < -0.3 is 19.7 Å². The molecule has 0 bridgehead atoms. The fourth-order valence-electron chi connectivity index (χ4n) is 3.81. The average Bonchev–Trinajstić information content (AvgIpc) is 2.74. The number of benzene rings is 1. The molecule has 0 radical (unpaired) electrons. The SMILES string of the molecule is Cc1nc(N2CCOCC2)[nH]c(=O)c1CCC(=O)N[C@H]1CCOc2ccccc21. The number of carbonyl (C=O) groups excluding carboxylic acids is 1. The van der Waals surface area contributed by atoms with Crippen molar-refractivity contribution >= 4 is 11.9 Å². The number of hydrogen-bond donors (Lipinski definition) is 2. The molecule has 0 saturated carbocycles. The Balaban J connectivity index is 1.39. The van der Waals surface area contributed by atoms with E-state index in [1.165, 1.54) is 0 Å². The number of nitrogens with one attached hydrogen (secondary N) is 2. The molecule has 0 aliphatic carbocycles. The molecule has 8 heteroatoms. The molecule has 2 N–H and O–H groups in total. The van der Waals surface area contributed by atoms with E-state index in [4.69, 9.17) is 9.47 Å². The lowest BCUT2D eigenvalue weighted by atomic mass is 10.00. The summed E-state index contributed by atoms with van der Waals surface area (Å²) in [6.07, 6.45) is 1.33. The number of nitrogens with zero attached hydrogens (tertiary/aromatic N) is 2. The fourth-order valence-corrected chi connectivity index (χ4v) is 3.81. The molecule has 1 saturated heterocycles. The number of morpholine rings is 1. The van der Waals surface area contributed by atoms with Crippen LogP contribution in [0.5, 0.6) is 5.75 Å². The van der Waals surface area contributed by atoms with Crippen LogP contribution in [0, 0.1) is 6.92 Å². The molecule has 2 aliphatic heterocycles. The Morgan fingerprint density at radius 3 is 2.86 bits per heavy atom. The first kappa shape index (κ1) is 19.4. The average molecular weight is 398 g/mol. The zero-order valence-electron chi connectivity index (χ0n) is 16.6. The van der Waals surface area contributed by atoms with E-state index in [-0.39, 0.29) is 23.9 Å². The van der Waals surface area contributed by atoms with Crippen molar-refractivity contribution in [3.8, 4) is 5.75 Å². The monoisotopic (exact) mass is 398 g/mol. The van der Waals surface area contributed by atoms with Gasteiger partial charge in [-0.15, -0.1) is 0 Å². The maximum absolute atomic E-state index is 12.6. The van der Waals surface area contributed by atoms with Gasteiger partial charge in [-0.2, -0.15) is 0 Å². The van der Waals surface area contributed by atoms with Crippen molar-refractivity contribution in [1.82, 2.24) is 15.3 Å². The number of ether oxygens (including phenoxy) is 2. The third-order valence-corrected chi connectivity index (χ3v) is 5.42. The molecule has 1 aromatic carbocycles. The standard InChI is InChI=1S/C21H26N4O4/c1-14-15(20(27)24-21(22-14)25-9-12-28-13-10-25)6-7-19(26)23-17-8-11-29-18-5-3-2-4-16(17)18/h2-5,17H,6-13H2,1H3,(H,23,26)(H,22,24,27)/t17-/m0/s1. The highest BCUT2D eigenvalue weighted by Crippen LogP contribution is 2.31. The summed E-state index contributed by atoms with van der Waals surface area (Å²) < 4.78 is 11.0. The Morgan fingerprint density at radius 1 is 1.28 bits per heavy atom. The number of rotatable bonds is 5. The minimum absolute atomic E-state index is 0.0614. The lowest BCUT2D eigenvalue weighted by Gasteiger charge is -2.27. The van der Waals surface area contributed by atoms with Crippen molar-refractivity contribution in [2.75, 3.05) is 37.8 Å². The third-order valence-electron chi connectivity index (χ3n) is 5.42. The molecule has 29 heavy (non-hydrogen) atoms. The second-order valence-corrected chi connectivity index (χ2v) is 7.35. The molecule has 0 spiro atoms. The van der Waals surface area contributed by atoms with Crippen molar-refractivity contribution in [2.45, 2.75) is 32.2 Å². The first-order chi connectivity index (χ1) is 14.1. The van der Waals surface area contributed by atoms with Gasteiger partial charge in [0, 0.05) is 42.8 Å². The molecular weight excluding hydrogens is 372 g/mol. The summed E-state index contributed by atoms with van der Waals surface area (Å²) in [5.41, 5.74) is 2.05. The van der Waals surface area contributed by atoms with Crippen LogP contribution in [0.3, 0.4) is 0 Å². The number of aromatic amines is 1. The number of amides is 1. The van der Waals surface area contributed by atoms with Gasteiger partial charge >= 0.3 is 0 Å². The number of aryl methyl sites for hydroxylation is 1. The molecule has 2 aliphatic rings. The van der Waals surface area contributed by atoms with E-state index in [0.717, 1.165) is 17.7 Å². The number of aromatic nitrogens is 2. The van der Waals surface area contributed by atoms with Crippen LogP contribution in [0.4, 0.5) is 5.95 Å². The Labute approximate surface area is 169 Å². The van der Waals surface area contributed by atoms with Gasteiger partial charge in [0.25, 0.3) is 5.56 Å². The van der Waals surface area contributed by atoms with Crippen molar-refractivity contribution in [3.63, 3.8) is 0 Å². The van der Waals surface area contributed by atoms with Crippen LogP contribution in [-0.2, 0) is 16.0 Å². The van der Waals surface area contributed by atoms with Gasteiger partial charge in [0.15, 0.2) is 0 Å². The minimum atomic E-state index is -0.178. The zero-order valence-corrected chi connectivity index (χ0v) is 16.6. The Morgan fingerprint density at radius 2 is 2.07 bits per heavy atom. The Bertz CT molecular complexity index is 937. The van der Waals surface area contributed by atoms with Gasteiger partial charge in [0.05, 0.1) is 25.9 Å².